The van der Waals surface area contributed by atoms with Gasteiger partial charge in [0.2, 0.25) is 5.91 Å². The lowest BCUT2D eigenvalue weighted by molar-refractivity contribution is -0.121. The molecule has 2 N–H and O–H groups in total. The Morgan fingerprint density at radius 3 is 2.88 bits per heavy atom. The number of carbonyl (C=O) groups is 2. The fraction of sp³-hybridized carbons (Fsp3) is 0.412. The van der Waals surface area contributed by atoms with Crippen LogP contribution >= 0.6 is 0 Å². The maximum Gasteiger partial charge on any atom is 0.251 e. The largest absolute Gasteiger partial charge is 0.352 e. The van der Waals surface area contributed by atoms with Crippen LogP contribution in [0, 0.1) is 0 Å². The molecule has 2 rings (SSSR count). The SMILES string of the molecule is CC[C@H](C)NC(=O)c1cccc(CNC(=O)CCn2cncn2)c1. The summed E-state index contributed by atoms with van der Waals surface area (Å²) >= 11 is 0. The maximum absolute atomic E-state index is 12.1. The van der Waals surface area contributed by atoms with Crippen LogP contribution in [0.5, 0.6) is 0 Å². The van der Waals surface area contributed by atoms with Gasteiger partial charge in [-0.1, -0.05) is 19.1 Å². The Balaban J connectivity index is 1.83. The molecular formula is C17H23N5O2. The second-order valence-electron chi connectivity index (χ2n) is 5.67. The second-order valence-corrected chi connectivity index (χ2v) is 5.67. The molecule has 1 heterocycles. The highest BCUT2D eigenvalue weighted by Crippen LogP contribution is 2.06. The number of aryl methyl sites for hydroxylation is 1. The van der Waals surface area contributed by atoms with Gasteiger partial charge < -0.3 is 10.6 Å². The van der Waals surface area contributed by atoms with Crippen LogP contribution in [-0.2, 0) is 17.9 Å². The van der Waals surface area contributed by atoms with Crippen molar-refractivity contribution in [3.8, 4) is 0 Å². The van der Waals surface area contributed by atoms with Gasteiger partial charge in [-0.2, -0.15) is 5.10 Å². The summed E-state index contributed by atoms with van der Waals surface area (Å²) in [5.74, 6) is -0.163. The molecule has 0 aliphatic heterocycles. The predicted octanol–water partition coefficient (Wildman–Crippen LogP) is 1.51. The first-order valence-electron chi connectivity index (χ1n) is 8.07. The third-order valence-corrected chi connectivity index (χ3v) is 3.70. The molecule has 0 radical (unpaired) electrons. The van der Waals surface area contributed by atoms with E-state index < -0.39 is 0 Å². The van der Waals surface area contributed by atoms with Crippen LogP contribution in [0.4, 0.5) is 0 Å². The zero-order chi connectivity index (χ0) is 17.4. The predicted molar refractivity (Wildman–Crippen MR) is 90.1 cm³/mol. The van der Waals surface area contributed by atoms with Crippen molar-refractivity contribution >= 4 is 11.8 Å². The number of nitrogens with zero attached hydrogens (tertiary/aromatic N) is 3. The van der Waals surface area contributed by atoms with Crippen molar-refractivity contribution in [1.82, 2.24) is 25.4 Å². The zero-order valence-electron chi connectivity index (χ0n) is 14.0. The number of carbonyl (C=O) groups excluding carboxylic acids is 2. The average Bonchev–Trinajstić information content (AvgIpc) is 3.11. The first-order chi connectivity index (χ1) is 11.6. The molecule has 7 heteroatoms. The molecule has 2 amide bonds. The minimum absolute atomic E-state index is 0.0695. The molecule has 1 atom stereocenters. The highest BCUT2D eigenvalue weighted by Gasteiger charge is 2.09. The number of amides is 2. The summed E-state index contributed by atoms with van der Waals surface area (Å²) in [6.45, 7) is 4.87. The number of hydrogen-bond acceptors (Lipinski definition) is 4. The molecule has 7 nitrogen and oxygen atoms in total. The van der Waals surface area contributed by atoms with Gasteiger partial charge >= 0.3 is 0 Å². The van der Waals surface area contributed by atoms with E-state index in [1.165, 1.54) is 6.33 Å². The molecule has 0 unspecified atom stereocenters. The van der Waals surface area contributed by atoms with Crippen LogP contribution in [0.1, 0.15) is 42.6 Å². The quantitative estimate of drug-likeness (QED) is 0.768. The third-order valence-electron chi connectivity index (χ3n) is 3.70. The summed E-state index contributed by atoms with van der Waals surface area (Å²) in [5, 5.41) is 9.73. The number of aromatic nitrogens is 3. The molecule has 0 saturated carbocycles. The molecule has 0 spiro atoms. The summed E-state index contributed by atoms with van der Waals surface area (Å²) in [6.07, 6.45) is 4.23. The standard InChI is InChI=1S/C17H23N5O2/c1-3-13(2)21-17(24)15-6-4-5-14(9-15)10-19-16(23)7-8-22-12-18-11-20-22/h4-6,9,11-13H,3,7-8,10H2,1-2H3,(H,19,23)(H,21,24)/t13-/m0/s1. The number of nitrogens with one attached hydrogen (secondary N) is 2. The Morgan fingerprint density at radius 1 is 1.33 bits per heavy atom. The van der Waals surface area contributed by atoms with Crippen LogP contribution in [-0.4, -0.2) is 32.6 Å². The van der Waals surface area contributed by atoms with Crippen molar-refractivity contribution in [2.75, 3.05) is 0 Å². The zero-order valence-corrected chi connectivity index (χ0v) is 14.0. The fourth-order valence-corrected chi connectivity index (χ4v) is 2.09. The lowest BCUT2D eigenvalue weighted by atomic mass is 10.1. The van der Waals surface area contributed by atoms with E-state index >= 15 is 0 Å². The number of benzene rings is 1. The Labute approximate surface area is 141 Å². The topological polar surface area (TPSA) is 88.9 Å². The van der Waals surface area contributed by atoms with Crippen molar-refractivity contribution in [1.29, 1.82) is 0 Å². The summed E-state index contributed by atoms with van der Waals surface area (Å²) in [7, 11) is 0. The van der Waals surface area contributed by atoms with E-state index in [4.69, 9.17) is 0 Å². The van der Waals surface area contributed by atoms with Gasteiger partial charge in [-0.15, -0.1) is 0 Å². The molecule has 1 aromatic carbocycles. The normalized spacial score (nSPS) is 11.8. The molecule has 0 saturated heterocycles. The van der Waals surface area contributed by atoms with Crippen molar-refractivity contribution in [2.24, 2.45) is 0 Å². The Morgan fingerprint density at radius 2 is 2.17 bits per heavy atom. The van der Waals surface area contributed by atoms with E-state index in [0.717, 1.165) is 12.0 Å². The molecule has 1 aromatic heterocycles. The lowest BCUT2D eigenvalue weighted by Crippen LogP contribution is -2.32. The summed E-state index contributed by atoms with van der Waals surface area (Å²) < 4.78 is 1.61. The first-order valence-corrected chi connectivity index (χ1v) is 8.07. The molecule has 0 bridgehead atoms. The monoisotopic (exact) mass is 329 g/mol. The van der Waals surface area contributed by atoms with Gasteiger partial charge in [0.15, 0.2) is 0 Å². The van der Waals surface area contributed by atoms with Gasteiger partial charge in [0.25, 0.3) is 5.91 Å². The summed E-state index contributed by atoms with van der Waals surface area (Å²) in [4.78, 5) is 27.8. The molecule has 0 aliphatic carbocycles. The van der Waals surface area contributed by atoms with Crippen LogP contribution in [0.15, 0.2) is 36.9 Å². The van der Waals surface area contributed by atoms with Crippen LogP contribution in [0.3, 0.4) is 0 Å². The van der Waals surface area contributed by atoms with Gasteiger partial charge in [-0.05, 0) is 31.0 Å². The molecule has 2 aromatic rings. The van der Waals surface area contributed by atoms with Crippen molar-refractivity contribution < 1.29 is 9.59 Å². The van der Waals surface area contributed by atoms with Crippen LogP contribution < -0.4 is 10.6 Å². The molecule has 128 valence electrons. The van der Waals surface area contributed by atoms with Crippen LogP contribution in [0.2, 0.25) is 0 Å². The first kappa shape index (κ1) is 17.7. The van der Waals surface area contributed by atoms with E-state index in [1.54, 1.807) is 23.1 Å². The smallest absolute Gasteiger partial charge is 0.251 e. The minimum atomic E-state index is -0.0938. The van der Waals surface area contributed by atoms with Gasteiger partial charge in [-0.3, -0.25) is 14.3 Å². The minimum Gasteiger partial charge on any atom is -0.352 e. The third kappa shape index (κ3) is 5.49. The molecule has 0 aliphatic rings. The second kappa shape index (κ2) is 8.81. The summed E-state index contributed by atoms with van der Waals surface area (Å²) in [5.41, 5.74) is 1.49. The van der Waals surface area contributed by atoms with E-state index in [0.29, 0.717) is 25.1 Å². The Kier molecular flexibility index (Phi) is 6.48. The highest BCUT2D eigenvalue weighted by molar-refractivity contribution is 5.94. The Hall–Kier alpha value is -2.70. The highest BCUT2D eigenvalue weighted by atomic mass is 16.2. The van der Waals surface area contributed by atoms with Crippen LogP contribution in [0.25, 0.3) is 0 Å². The maximum atomic E-state index is 12.1. The lowest BCUT2D eigenvalue weighted by Gasteiger charge is -2.12. The molecular weight excluding hydrogens is 306 g/mol. The Bertz CT molecular complexity index is 669. The molecule has 0 fully saturated rings. The van der Waals surface area contributed by atoms with Crippen molar-refractivity contribution in [2.45, 2.75) is 45.8 Å². The van der Waals surface area contributed by atoms with Gasteiger partial charge in [0, 0.05) is 24.6 Å². The van der Waals surface area contributed by atoms with Gasteiger partial charge in [-0.25, -0.2) is 4.98 Å². The number of hydrogen-bond donors (Lipinski definition) is 2. The van der Waals surface area contributed by atoms with Crippen molar-refractivity contribution in [3.05, 3.63) is 48.0 Å². The molecule has 24 heavy (non-hydrogen) atoms. The van der Waals surface area contributed by atoms with Gasteiger partial charge in [0.1, 0.15) is 12.7 Å². The van der Waals surface area contributed by atoms with E-state index in [2.05, 4.69) is 20.7 Å². The van der Waals surface area contributed by atoms with E-state index in [-0.39, 0.29) is 17.9 Å². The fourth-order valence-electron chi connectivity index (χ4n) is 2.09. The van der Waals surface area contributed by atoms with Crippen molar-refractivity contribution in [3.63, 3.8) is 0 Å². The number of rotatable bonds is 8. The van der Waals surface area contributed by atoms with E-state index in [9.17, 15) is 9.59 Å². The van der Waals surface area contributed by atoms with E-state index in [1.807, 2.05) is 26.0 Å². The average molecular weight is 329 g/mol. The van der Waals surface area contributed by atoms with Gasteiger partial charge in [0.05, 0.1) is 6.54 Å². The summed E-state index contributed by atoms with van der Waals surface area (Å²) in [6, 6.07) is 7.42.